The van der Waals surface area contributed by atoms with Crippen molar-refractivity contribution in [3.05, 3.63) is 33.8 Å². The van der Waals surface area contributed by atoms with Crippen molar-refractivity contribution >= 4 is 41.5 Å². The average molecular weight is 380 g/mol. The van der Waals surface area contributed by atoms with Gasteiger partial charge in [0, 0.05) is 16.5 Å². The number of halogens is 3. The van der Waals surface area contributed by atoms with E-state index in [9.17, 15) is 4.79 Å². The standard InChI is InChI=1S/C17H24Cl2N2O.ClH/c1-11(13-4-3-7-20-10-13)8-17(22)21-12(2)15-6-5-14(18)9-16(15)19;/h5-6,9,11-13,20H,3-4,7-8,10H2,1-2H3,(H,21,22);1H. The lowest BCUT2D eigenvalue weighted by atomic mass is 9.85. The summed E-state index contributed by atoms with van der Waals surface area (Å²) >= 11 is 12.1. The molecule has 0 aliphatic carbocycles. The lowest BCUT2D eigenvalue weighted by molar-refractivity contribution is -0.123. The van der Waals surface area contributed by atoms with E-state index >= 15 is 0 Å². The Bertz CT molecular complexity index is 519. The molecule has 130 valence electrons. The third-order valence-electron chi connectivity index (χ3n) is 4.45. The molecule has 1 aromatic carbocycles. The number of carbonyl (C=O) groups is 1. The summed E-state index contributed by atoms with van der Waals surface area (Å²) in [6.07, 6.45) is 2.97. The predicted molar refractivity (Wildman–Crippen MR) is 99.6 cm³/mol. The molecule has 0 aromatic heterocycles. The van der Waals surface area contributed by atoms with Gasteiger partial charge in [0.2, 0.25) is 5.91 Å². The molecule has 0 radical (unpaired) electrons. The number of amides is 1. The van der Waals surface area contributed by atoms with Gasteiger partial charge in [-0.1, -0.05) is 36.2 Å². The second-order valence-electron chi connectivity index (χ2n) is 6.24. The maximum absolute atomic E-state index is 12.3. The maximum atomic E-state index is 12.3. The summed E-state index contributed by atoms with van der Waals surface area (Å²) in [6.45, 7) is 6.23. The van der Waals surface area contributed by atoms with E-state index in [1.165, 1.54) is 12.8 Å². The van der Waals surface area contributed by atoms with Gasteiger partial charge in [0.15, 0.2) is 0 Å². The summed E-state index contributed by atoms with van der Waals surface area (Å²) in [5.74, 6) is 1.06. The fourth-order valence-corrected chi connectivity index (χ4v) is 3.63. The van der Waals surface area contributed by atoms with Crippen molar-refractivity contribution in [1.82, 2.24) is 10.6 Å². The average Bonchev–Trinajstić information content (AvgIpc) is 2.47. The molecule has 2 rings (SSSR count). The van der Waals surface area contributed by atoms with E-state index in [0.29, 0.717) is 28.3 Å². The molecule has 1 heterocycles. The van der Waals surface area contributed by atoms with Gasteiger partial charge in [-0.2, -0.15) is 0 Å². The van der Waals surface area contributed by atoms with Crippen LogP contribution in [0.25, 0.3) is 0 Å². The van der Waals surface area contributed by atoms with Crippen LogP contribution in [0, 0.1) is 11.8 Å². The second kappa shape index (κ2) is 9.73. The van der Waals surface area contributed by atoms with E-state index in [4.69, 9.17) is 23.2 Å². The van der Waals surface area contributed by atoms with Gasteiger partial charge in [0.1, 0.15) is 0 Å². The zero-order valence-electron chi connectivity index (χ0n) is 13.6. The van der Waals surface area contributed by atoms with Gasteiger partial charge < -0.3 is 10.6 Å². The van der Waals surface area contributed by atoms with Crippen LogP contribution in [0.5, 0.6) is 0 Å². The first-order valence-electron chi connectivity index (χ1n) is 7.92. The summed E-state index contributed by atoms with van der Waals surface area (Å²) in [6, 6.07) is 5.25. The van der Waals surface area contributed by atoms with Crippen LogP contribution in [0.2, 0.25) is 10.0 Å². The molecule has 0 saturated carbocycles. The third kappa shape index (κ3) is 6.15. The largest absolute Gasteiger partial charge is 0.350 e. The summed E-state index contributed by atoms with van der Waals surface area (Å²) < 4.78 is 0. The Balaban J connectivity index is 0.00000264. The molecule has 1 aliphatic rings. The normalized spacial score (nSPS) is 20.3. The third-order valence-corrected chi connectivity index (χ3v) is 5.02. The first-order valence-corrected chi connectivity index (χ1v) is 8.68. The Morgan fingerprint density at radius 1 is 1.39 bits per heavy atom. The van der Waals surface area contributed by atoms with Crippen molar-refractivity contribution in [3.8, 4) is 0 Å². The van der Waals surface area contributed by atoms with Gasteiger partial charge in [-0.15, -0.1) is 12.4 Å². The van der Waals surface area contributed by atoms with E-state index in [1.807, 2.05) is 13.0 Å². The number of carbonyl (C=O) groups excluding carboxylic acids is 1. The van der Waals surface area contributed by atoms with E-state index in [1.54, 1.807) is 12.1 Å². The molecule has 23 heavy (non-hydrogen) atoms. The number of benzene rings is 1. The molecular weight excluding hydrogens is 355 g/mol. The lowest BCUT2D eigenvalue weighted by Gasteiger charge is -2.28. The smallest absolute Gasteiger partial charge is 0.220 e. The van der Waals surface area contributed by atoms with Gasteiger partial charge in [-0.05, 0) is 62.4 Å². The zero-order chi connectivity index (χ0) is 16.1. The number of hydrogen-bond donors (Lipinski definition) is 2. The molecule has 1 fully saturated rings. The predicted octanol–water partition coefficient (Wildman–Crippen LogP) is 4.62. The quantitative estimate of drug-likeness (QED) is 0.784. The van der Waals surface area contributed by atoms with E-state index in [-0.39, 0.29) is 24.4 Å². The first kappa shape index (κ1) is 20.6. The maximum Gasteiger partial charge on any atom is 0.220 e. The highest BCUT2D eigenvalue weighted by atomic mass is 35.5. The first-order chi connectivity index (χ1) is 10.5. The van der Waals surface area contributed by atoms with Crippen LogP contribution in [-0.4, -0.2) is 19.0 Å². The fourth-order valence-electron chi connectivity index (χ4n) is 3.05. The molecule has 6 heteroatoms. The zero-order valence-corrected chi connectivity index (χ0v) is 15.9. The summed E-state index contributed by atoms with van der Waals surface area (Å²) in [5.41, 5.74) is 0.895. The van der Waals surface area contributed by atoms with Crippen LogP contribution < -0.4 is 10.6 Å². The highest BCUT2D eigenvalue weighted by molar-refractivity contribution is 6.35. The minimum Gasteiger partial charge on any atom is -0.350 e. The summed E-state index contributed by atoms with van der Waals surface area (Å²) in [5, 5.41) is 7.64. The van der Waals surface area contributed by atoms with Crippen LogP contribution in [0.3, 0.4) is 0 Å². The van der Waals surface area contributed by atoms with Crippen molar-refractivity contribution in [2.45, 2.75) is 39.2 Å². The van der Waals surface area contributed by atoms with Gasteiger partial charge in [-0.25, -0.2) is 0 Å². The molecule has 3 nitrogen and oxygen atoms in total. The monoisotopic (exact) mass is 378 g/mol. The van der Waals surface area contributed by atoms with Crippen LogP contribution in [0.4, 0.5) is 0 Å². The van der Waals surface area contributed by atoms with E-state index in [0.717, 1.165) is 18.7 Å². The highest BCUT2D eigenvalue weighted by Gasteiger charge is 2.23. The highest BCUT2D eigenvalue weighted by Crippen LogP contribution is 2.27. The molecule has 3 atom stereocenters. The molecule has 0 spiro atoms. The molecule has 2 N–H and O–H groups in total. The SMILES string of the molecule is CC(NC(=O)CC(C)C1CCCNC1)c1ccc(Cl)cc1Cl.Cl. The Kier molecular flexibility index (Phi) is 8.70. The number of nitrogens with one attached hydrogen (secondary N) is 2. The van der Waals surface area contributed by atoms with E-state index < -0.39 is 0 Å². The number of hydrogen-bond acceptors (Lipinski definition) is 2. The van der Waals surface area contributed by atoms with Crippen molar-refractivity contribution in [3.63, 3.8) is 0 Å². The molecule has 1 saturated heterocycles. The molecule has 3 unspecified atom stereocenters. The Morgan fingerprint density at radius 3 is 2.74 bits per heavy atom. The summed E-state index contributed by atoms with van der Waals surface area (Å²) in [4.78, 5) is 12.3. The molecule has 1 aromatic rings. The Labute approximate surface area is 154 Å². The fraction of sp³-hybridized carbons (Fsp3) is 0.588. The Hall–Kier alpha value is -0.480. The van der Waals surface area contributed by atoms with Gasteiger partial charge in [0.05, 0.1) is 6.04 Å². The van der Waals surface area contributed by atoms with Gasteiger partial charge in [0.25, 0.3) is 0 Å². The van der Waals surface area contributed by atoms with Crippen LogP contribution in [0.15, 0.2) is 18.2 Å². The molecule has 1 amide bonds. The summed E-state index contributed by atoms with van der Waals surface area (Å²) in [7, 11) is 0. The molecular formula is C17H25Cl3N2O. The van der Waals surface area contributed by atoms with Crippen LogP contribution in [-0.2, 0) is 4.79 Å². The van der Waals surface area contributed by atoms with Crippen molar-refractivity contribution < 1.29 is 4.79 Å². The lowest BCUT2D eigenvalue weighted by Crippen LogP contribution is -2.36. The molecule has 1 aliphatic heterocycles. The minimum atomic E-state index is -0.117. The van der Waals surface area contributed by atoms with Gasteiger partial charge >= 0.3 is 0 Å². The van der Waals surface area contributed by atoms with Crippen molar-refractivity contribution in [2.75, 3.05) is 13.1 Å². The van der Waals surface area contributed by atoms with Crippen molar-refractivity contribution in [1.29, 1.82) is 0 Å². The second-order valence-corrected chi connectivity index (χ2v) is 7.09. The van der Waals surface area contributed by atoms with Crippen molar-refractivity contribution in [2.24, 2.45) is 11.8 Å². The molecule has 0 bridgehead atoms. The minimum absolute atomic E-state index is 0. The van der Waals surface area contributed by atoms with Gasteiger partial charge in [-0.3, -0.25) is 4.79 Å². The number of piperidine rings is 1. The Morgan fingerprint density at radius 2 is 2.13 bits per heavy atom. The van der Waals surface area contributed by atoms with E-state index in [2.05, 4.69) is 17.6 Å². The van der Waals surface area contributed by atoms with Crippen LogP contribution in [0.1, 0.15) is 44.7 Å². The topological polar surface area (TPSA) is 41.1 Å². The number of rotatable bonds is 5. The van der Waals surface area contributed by atoms with Crippen LogP contribution >= 0.6 is 35.6 Å².